The average molecular weight is 255 g/mol. The standard InChI is InChI=1S/C13H21NO2S/c1-16-13(15)9-12-10-17-8-7-14(12)11-5-3-2-4-6-11/h3,5,11-12H,2,4,6-10H2,1H3/t11-,12-/m0/s1. The van der Waals surface area contributed by atoms with Crippen LogP contribution in [0.25, 0.3) is 0 Å². The van der Waals surface area contributed by atoms with Crippen LogP contribution < -0.4 is 0 Å². The van der Waals surface area contributed by atoms with Gasteiger partial charge < -0.3 is 4.74 Å². The summed E-state index contributed by atoms with van der Waals surface area (Å²) in [5.74, 6) is 2.16. The van der Waals surface area contributed by atoms with Crippen LogP contribution in [0, 0.1) is 0 Å². The van der Waals surface area contributed by atoms with Gasteiger partial charge in [-0.05, 0) is 19.3 Å². The number of thioether (sulfide) groups is 1. The highest BCUT2D eigenvalue weighted by Crippen LogP contribution is 2.26. The van der Waals surface area contributed by atoms with Crippen LogP contribution in [-0.2, 0) is 9.53 Å². The minimum Gasteiger partial charge on any atom is -0.469 e. The van der Waals surface area contributed by atoms with E-state index in [1.165, 1.54) is 32.1 Å². The SMILES string of the molecule is COC(=O)C[C@H]1CSCCN1[C@H]1C=CCCC1. The first kappa shape index (κ1) is 13.0. The number of hydrogen-bond donors (Lipinski definition) is 0. The molecule has 0 aromatic rings. The highest BCUT2D eigenvalue weighted by atomic mass is 32.2. The first-order valence-corrected chi connectivity index (χ1v) is 7.53. The summed E-state index contributed by atoms with van der Waals surface area (Å²) in [6.45, 7) is 1.10. The molecule has 1 aliphatic heterocycles. The first-order valence-electron chi connectivity index (χ1n) is 6.38. The lowest BCUT2D eigenvalue weighted by Gasteiger charge is -2.40. The van der Waals surface area contributed by atoms with Gasteiger partial charge in [-0.25, -0.2) is 0 Å². The molecule has 2 rings (SSSR count). The Morgan fingerprint density at radius 1 is 1.59 bits per heavy atom. The normalized spacial score (nSPS) is 30.2. The molecule has 0 saturated carbocycles. The van der Waals surface area contributed by atoms with Crippen molar-refractivity contribution in [1.29, 1.82) is 0 Å². The molecule has 3 nitrogen and oxygen atoms in total. The van der Waals surface area contributed by atoms with E-state index >= 15 is 0 Å². The fourth-order valence-corrected chi connectivity index (χ4v) is 3.71. The quantitative estimate of drug-likeness (QED) is 0.570. The van der Waals surface area contributed by atoms with Crippen LogP contribution in [0.4, 0.5) is 0 Å². The summed E-state index contributed by atoms with van der Waals surface area (Å²) in [4.78, 5) is 13.9. The monoisotopic (exact) mass is 255 g/mol. The maximum Gasteiger partial charge on any atom is 0.307 e. The van der Waals surface area contributed by atoms with E-state index in [0.29, 0.717) is 18.5 Å². The first-order chi connectivity index (χ1) is 8.31. The summed E-state index contributed by atoms with van der Waals surface area (Å²) in [5.41, 5.74) is 0. The second-order valence-corrected chi connectivity index (χ2v) is 5.82. The molecule has 4 heteroatoms. The number of esters is 1. The van der Waals surface area contributed by atoms with Crippen LogP contribution in [0.3, 0.4) is 0 Å². The van der Waals surface area contributed by atoms with Crippen molar-refractivity contribution in [1.82, 2.24) is 4.90 Å². The van der Waals surface area contributed by atoms with Crippen molar-refractivity contribution >= 4 is 17.7 Å². The molecular weight excluding hydrogens is 234 g/mol. The predicted octanol–water partition coefficient (Wildman–Crippen LogP) is 2.08. The molecule has 0 spiro atoms. The molecule has 96 valence electrons. The average Bonchev–Trinajstić information content (AvgIpc) is 2.40. The van der Waals surface area contributed by atoms with Crippen molar-refractivity contribution in [3.63, 3.8) is 0 Å². The Kier molecular flexibility index (Phi) is 4.92. The topological polar surface area (TPSA) is 29.5 Å². The zero-order valence-electron chi connectivity index (χ0n) is 10.4. The number of carbonyl (C=O) groups is 1. The molecule has 1 fully saturated rings. The molecule has 0 aromatic carbocycles. The molecule has 2 aliphatic rings. The molecule has 1 heterocycles. The second kappa shape index (κ2) is 6.45. The van der Waals surface area contributed by atoms with Crippen LogP contribution in [0.2, 0.25) is 0 Å². The molecule has 0 N–H and O–H groups in total. The van der Waals surface area contributed by atoms with E-state index in [2.05, 4.69) is 17.1 Å². The Hall–Kier alpha value is -0.480. The molecule has 0 aromatic heterocycles. The summed E-state index contributed by atoms with van der Waals surface area (Å²) in [6.07, 6.45) is 8.86. The molecule has 17 heavy (non-hydrogen) atoms. The van der Waals surface area contributed by atoms with Gasteiger partial charge >= 0.3 is 5.97 Å². The van der Waals surface area contributed by atoms with E-state index in [1.54, 1.807) is 0 Å². The van der Waals surface area contributed by atoms with E-state index in [1.807, 2.05) is 11.8 Å². The van der Waals surface area contributed by atoms with Crippen LogP contribution in [0.5, 0.6) is 0 Å². The Morgan fingerprint density at radius 3 is 3.18 bits per heavy atom. The molecule has 1 saturated heterocycles. The number of ether oxygens (including phenoxy) is 1. The maximum atomic E-state index is 11.4. The van der Waals surface area contributed by atoms with Crippen molar-refractivity contribution in [2.75, 3.05) is 25.2 Å². The summed E-state index contributed by atoms with van der Waals surface area (Å²) >= 11 is 1.95. The predicted molar refractivity (Wildman–Crippen MR) is 71.2 cm³/mol. The lowest BCUT2D eigenvalue weighted by atomic mass is 9.99. The van der Waals surface area contributed by atoms with Crippen molar-refractivity contribution in [2.24, 2.45) is 0 Å². The van der Waals surface area contributed by atoms with Crippen LogP contribution >= 0.6 is 11.8 Å². The lowest BCUT2D eigenvalue weighted by Crippen LogP contribution is -2.49. The van der Waals surface area contributed by atoms with E-state index in [9.17, 15) is 4.79 Å². The van der Waals surface area contributed by atoms with E-state index in [0.717, 1.165) is 12.3 Å². The summed E-state index contributed by atoms with van der Waals surface area (Å²) in [5, 5.41) is 0. The van der Waals surface area contributed by atoms with Gasteiger partial charge in [-0.2, -0.15) is 11.8 Å². The number of carbonyl (C=O) groups excluding carboxylic acids is 1. The minimum absolute atomic E-state index is 0.0812. The second-order valence-electron chi connectivity index (χ2n) is 4.67. The number of methoxy groups -OCH3 is 1. The Labute approximate surface area is 108 Å². The highest BCUT2D eigenvalue weighted by molar-refractivity contribution is 7.99. The zero-order valence-corrected chi connectivity index (χ0v) is 11.2. The molecule has 0 bridgehead atoms. The Morgan fingerprint density at radius 2 is 2.47 bits per heavy atom. The van der Waals surface area contributed by atoms with Gasteiger partial charge in [0, 0.05) is 30.1 Å². The molecule has 0 radical (unpaired) electrons. The van der Waals surface area contributed by atoms with Gasteiger partial charge in [0.1, 0.15) is 0 Å². The van der Waals surface area contributed by atoms with E-state index < -0.39 is 0 Å². The van der Waals surface area contributed by atoms with E-state index in [4.69, 9.17) is 4.74 Å². The fraction of sp³-hybridized carbons (Fsp3) is 0.769. The van der Waals surface area contributed by atoms with Gasteiger partial charge in [0.05, 0.1) is 13.5 Å². The lowest BCUT2D eigenvalue weighted by molar-refractivity contribution is -0.142. The van der Waals surface area contributed by atoms with Gasteiger partial charge in [0.15, 0.2) is 0 Å². The number of hydrogen-bond acceptors (Lipinski definition) is 4. The van der Waals surface area contributed by atoms with Crippen LogP contribution in [0.15, 0.2) is 12.2 Å². The number of allylic oxidation sites excluding steroid dienone is 1. The van der Waals surface area contributed by atoms with Crippen LogP contribution in [0.1, 0.15) is 25.7 Å². The Balaban J connectivity index is 1.98. The van der Waals surface area contributed by atoms with E-state index in [-0.39, 0.29) is 5.97 Å². The van der Waals surface area contributed by atoms with Crippen LogP contribution in [-0.4, -0.2) is 48.1 Å². The fourth-order valence-electron chi connectivity index (χ4n) is 2.63. The molecule has 1 aliphatic carbocycles. The molecule has 2 atom stereocenters. The molecular formula is C13H21NO2S. The largest absolute Gasteiger partial charge is 0.469 e. The third-order valence-electron chi connectivity index (χ3n) is 3.56. The van der Waals surface area contributed by atoms with Gasteiger partial charge in [-0.15, -0.1) is 0 Å². The number of nitrogens with zero attached hydrogens (tertiary/aromatic N) is 1. The summed E-state index contributed by atoms with van der Waals surface area (Å²) in [6, 6.07) is 0.897. The minimum atomic E-state index is -0.0812. The highest BCUT2D eigenvalue weighted by Gasteiger charge is 2.30. The third kappa shape index (κ3) is 3.49. The summed E-state index contributed by atoms with van der Waals surface area (Å²) < 4.78 is 4.80. The van der Waals surface area contributed by atoms with Gasteiger partial charge in [-0.3, -0.25) is 9.69 Å². The number of rotatable bonds is 3. The van der Waals surface area contributed by atoms with Gasteiger partial charge in [-0.1, -0.05) is 12.2 Å². The van der Waals surface area contributed by atoms with Crippen molar-refractivity contribution in [2.45, 2.75) is 37.8 Å². The smallest absolute Gasteiger partial charge is 0.307 e. The summed E-state index contributed by atoms with van der Waals surface area (Å²) in [7, 11) is 1.48. The zero-order chi connectivity index (χ0) is 12.1. The molecule has 0 amide bonds. The maximum absolute atomic E-state index is 11.4. The van der Waals surface area contributed by atoms with Gasteiger partial charge in [0.25, 0.3) is 0 Å². The van der Waals surface area contributed by atoms with Crippen molar-refractivity contribution in [3.05, 3.63) is 12.2 Å². The third-order valence-corrected chi connectivity index (χ3v) is 4.65. The van der Waals surface area contributed by atoms with Crippen molar-refractivity contribution < 1.29 is 9.53 Å². The molecule has 0 unspecified atom stereocenters. The van der Waals surface area contributed by atoms with Crippen molar-refractivity contribution in [3.8, 4) is 0 Å². The van der Waals surface area contributed by atoms with Gasteiger partial charge in [0.2, 0.25) is 0 Å². The Bertz CT molecular complexity index is 293.